The normalized spacial score (nSPS) is 23.9. The van der Waals surface area contributed by atoms with Crippen LogP contribution in [0.1, 0.15) is 57.8 Å². The van der Waals surface area contributed by atoms with Gasteiger partial charge in [-0.3, -0.25) is 4.79 Å². The molecule has 0 radical (unpaired) electrons. The first-order chi connectivity index (χ1) is 9.84. The lowest BCUT2D eigenvalue weighted by molar-refractivity contribution is -0.122. The lowest BCUT2D eigenvalue weighted by atomic mass is 9.87. The van der Waals surface area contributed by atoms with Gasteiger partial charge in [0.1, 0.15) is 0 Å². The predicted octanol–water partition coefficient (Wildman–Crippen LogP) is 2.66. The number of carbonyl (C=O) groups excluding carboxylic acids is 1. The first kappa shape index (κ1) is 15.8. The molecule has 0 aromatic carbocycles. The van der Waals surface area contributed by atoms with Crippen molar-refractivity contribution in [1.82, 2.24) is 5.32 Å². The molecule has 1 aliphatic carbocycles. The maximum Gasteiger partial charge on any atom is 0.220 e. The summed E-state index contributed by atoms with van der Waals surface area (Å²) in [5.41, 5.74) is 0. The van der Waals surface area contributed by atoms with Gasteiger partial charge in [-0.15, -0.1) is 0 Å². The van der Waals surface area contributed by atoms with Crippen molar-refractivity contribution < 1.29 is 14.3 Å². The van der Waals surface area contributed by atoms with Crippen molar-refractivity contribution in [3.8, 4) is 0 Å². The summed E-state index contributed by atoms with van der Waals surface area (Å²) in [6, 6.07) is 0. The summed E-state index contributed by atoms with van der Waals surface area (Å²) in [6.45, 7) is 3.03. The van der Waals surface area contributed by atoms with Crippen molar-refractivity contribution in [3.63, 3.8) is 0 Å². The third kappa shape index (κ3) is 6.23. The molecular weight excluding hydrogens is 254 g/mol. The molecule has 1 saturated heterocycles. The second kappa shape index (κ2) is 9.35. The van der Waals surface area contributed by atoms with E-state index in [1.54, 1.807) is 0 Å². The van der Waals surface area contributed by atoms with Crippen LogP contribution in [0.25, 0.3) is 0 Å². The molecule has 4 heteroatoms. The van der Waals surface area contributed by atoms with E-state index in [0.29, 0.717) is 25.2 Å². The number of amides is 1. The van der Waals surface area contributed by atoms with Crippen molar-refractivity contribution in [3.05, 3.63) is 0 Å². The summed E-state index contributed by atoms with van der Waals surface area (Å²) in [6.07, 6.45) is 10.6. The Kier molecular flexibility index (Phi) is 7.37. The first-order valence-corrected chi connectivity index (χ1v) is 8.30. The molecule has 2 fully saturated rings. The standard InChI is InChI=1S/C16H29NO3/c18-16(12-14-6-2-1-3-7-14)17-9-5-10-19-13-15-8-4-11-20-15/h14-15H,1-13H2,(H,17,18). The number of hydrogen-bond acceptors (Lipinski definition) is 3. The number of carbonyl (C=O) groups is 1. The zero-order valence-electron chi connectivity index (χ0n) is 12.6. The Bertz CT molecular complexity index is 271. The highest BCUT2D eigenvalue weighted by atomic mass is 16.5. The van der Waals surface area contributed by atoms with Crippen LogP contribution in [-0.4, -0.2) is 38.4 Å². The highest BCUT2D eigenvalue weighted by Crippen LogP contribution is 2.25. The molecular formula is C16H29NO3. The maximum absolute atomic E-state index is 11.8. The summed E-state index contributed by atoms with van der Waals surface area (Å²) >= 11 is 0. The van der Waals surface area contributed by atoms with Crippen LogP contribution in [0.15, 0.2) is 0 Å². The summed E-state index contributed by atoms with van der Waals surface area (Å²) in [4.78, 5) is 11.8. The quantitative estimate of drug-likeness (QED) is 0.697. The van der Waals surface area contributed by atoms with Gasteiger partial charge in [0.05, 0.1) is 12.7 Å². The van der Waals surface area contributed by atoms with E-state index in [1.807, 2.05) is 0 Å². The Labute approximate surface area is 122 Å². The summed E-state index contributed by atoms with van der Waals surface area (Å²) in [5.74, 6) is 0.843. The van der Waals surface area contributed by atoms with E-state index >= 15 is 0 Å². The molecule has 0 aromatic heterocycles. The summed E-state index contributed by atoms with van der Waals surface area (Å²) in [5, 5.41) is 3.01. The van der Waals surface area contributed by atoms with Crippen molar-refractivity contribution >= 4 is 5.91 Å². The minimum atomic E-state index is 0.219. The minimum absolute atomic E-state index is 0.219. The highest BCUT2D eigenvalue weighted by molar-refractivity contribution is 5.76. The second-order valence-corrected chi connectivity index (χ2v) is 6.12. The predicted molar refractivity (Wildman–Crippen MR) is 78.6 cm³/mol. The van der Waals surface area contributed by atoms with E-state index in [2.05, 4.69) is 5.32 Å². The molecule has 2 aliphatic rings. The Hall–Kier alpha value is -0.610. The molecule has 1 heterocycles. The molecule has 1 amide bonds. The molecule has 1 atom stereocenters. The van der Waals surface area contributed by atoms with Crippen LogP contribution in [0.5, 0.6) is 0 Å². The van der Waals surface area contributed by atoms with E-state index in [0.717, 1.165) is 38.8 Å². The van der Waals surface area contributed by atoms with Gasteiger partial charge in [0.25, 0.3) is 0 Å². The minimum Gasteiger partial charge on any atom is -0.379 e. The van der Waals surface area contributed by atoms with Gasteiger partial charge >= 0.3 is 0 Å². The van der Waals surface area contributed by atoms with Crippen molar-refractivity contribution in [2.45, 2.75) is 63.9 Å². The number of nitrogens with one attached hydrogen (secondary N) is 1. The maximum atomic E-state index is 11.8. The highest BCUT2D eigenvalue weighted by Gasteiger charge is 2.17. The van der Waals surface area contributed by atoms with E-state index < -0.39 is 0 Å². The second-order valence-electron chi connectivity index (χ2n) is 6.12. The smallest absolute Gasteiger partial charge is 0.220 e. The van der Waals surface area contributed by atoms with Crippen LogP contribution in [0.2, 0.25) is 0 Å². The summed E-state index contributed by atoms with van der Waals surface area (Å²) in [7, 11) is 0. The fourth-order valence-corrected chi connectivity index (χ4v) is 3.12. The van der Waals surface area contributed by atoms with E-state index in [-0.39, 0.29) is 5.91 Å². The third-order valence-electron chi connectivity index (χ3n) is 4.31. The fraction of sp³-hybridized carbons (Fsp3) is 0.938. The van der Waals surface area contributed by atoms with Crippen LogP contribution in [-0.2, 0) is 14.3 Å². The van der Waals surface area contributed by atoms with Gasteiger partial charge in [-0.25, -0.2) is 0 Å². The topological polar surface area (TPSA) is 47.6 Å². The molecule has 0 aromatic rings. The SMILES string of the molecule is O=C(CC1CCCCC1)NCCCOCC1CCCO1. The monoisotopic (exact) mass is 283 g/mol. The van der Waals surface area contributed by atoms with Gasteiger partial charge in [-0.05, 0) is 38.0 Å². The molecule has 1 saturated carbocycles. The van der Waals surface area contributed by atoms with Crippen LogP contribution in [0.3, 0.4) is 0 Å². The van der Waals surface area contributed by atoms with Gasteiger partial charge in [0.15, 0.2) is 0 Å². The van der Waals surface area contributed by atoms with Crippen LogP contribution in [0, 0.1) is 5.92 Å². The Morgan fingerprint density at radius 3 is 2.75 bits per heavy atom. The van der Waals surface area contributed by atoms with Crippen molar-refractivity contribution in [2.75, 3.05) is 26.4 Å². The molecule has 116 valence electrons. The number of rotatable bonds is 8. The van der Waals surface area contributed by atoms with Gasteiger partial charge < -0.3 is 14.8 Å². The number of ether oxygens (including phenoxy) is 2. The van der Waals surface area contributed by atoms with Crippen molar-refractivity contribution in [1.29, 1.82) is 0 Å². The molecule has 2 rings (SSSR count). The Morgan fingerprint density at radius 2 is 2.00 bits per heavy atom. The Balaban J connectivity index is 1.40. The Morgan fingerprint density at radius 1 is 1.15 bits per heavy atom. The van der Waals surface area contributed by atoms with Gasteiger partial charge in [-0.2, -0.15) is 0 Å². The molecule has 1 aliphatic heterocycles. The summed E-state index contributed by atoms with van der Waals surface area (Å²) < 4.78 is 11.1. The van der Waals surface area contributed by atoms with Crippen LogP contribution in [0.4, 0.5) is 0 Å². The van der Waals surface area contributed by atoms with E-state index in [1.165, 1.54) is 32.1 Å². The molecule has 0 bridgehead atoms. The zero-order chi connectivity index (χ0) is 14.0. The lowest BCUT2D eigenvalue weighted by Crippen LogP contribution is -2.28. The number of hydrogen-bond donors (Lipinski definition) is 1. The van der Waals surface area contributed by atoms with Gasteiger partial charge in [0, 0.05) is 26.2 Å². The largest absolute Gasteiger partial charge is 0.379 e. The lowest BCUT2D eigenvalue weighted by Gasteiger charge is -2.20. The van der Waals surface area contributed by atoms with E-state index in [9.17, 15) is 4.79 Å². The van der Waals surface area contributed by atoms with Gasteiger partial charge in [-0.1, -0.05) is 19.3 Å². The van der Waals surface area contributed by atoms with E-state index in [4.69, 9.17) is 9.47 Å². The first-order valence-electron chi connectivity index (χ1n) is 8.30. The van der Waals surface area contributed by atoms with Crippen LogP contribution >= 0.6 is 0 Å². The average Bonchev–Trinajstić information content (AvgIpc) is 2.97. The average molecular weight is 283 g/mol. The van der Waals surface area contributed by atoms with Crippen molar-refractivity contribution in [2.24, 2.45) is 5.92 Å². The molecule has 1 unspecified atom stereocenters. The fourth-order valence-electron chi connectivity index (χ4n) is 3.12. The molecule has 20 heavy (non-hydrogen) atoms. The molecule has 4 nitrogen and oxygen atoms in total. The molecule has 0 spiro atoms. The van der Waals surface area contributed by atoms with Gasteiger partial charge in [0.2, 0.25) is 5.91 Å². The van der Waals surface area contributed by atoms with Crippen LogP contribution < -0.4 is 5.32 Å². The third-order valence-corrected chi connectivity index (χ3v) is 4.31. The molecule has 1 N–H and O–H groups in total. The zero-order valence-corrected chi connectivity index (χ0v) is 12.6.